The molecule has 1 heterocycles. The van der Waals surface area contributed by atoms with Gasteiger partial charge in [0.1, 0.15) is 0 Å². The summed E-state index contributed by atoms with van der Waals surface area (Å²) >= 11 is 0. The molecule has 0 amide bonds. The van der Waals surface area contributed by atoms with Crippen LogP contribution in [0.1, 0.15) is 23.7 Å². The van der Waals surface area contributed by atoms with Crippen LogP contribution < -0.4 is 10.6 Å². The number of carboxylic acid groups (broad SMARTS) is 1. The zero-order chi connectivity index (χ0) is 13.3. The second-order valence-electron chi connectivity index (χ2n) is 4.86. The number of rotatable bonds is 2. The van der Waals surface area contributed by atoms with Gasteiger partial charge in [-0.25, -0.2) is 4.79 Å². The fraction of sp³-hybridized carbons (Fsp3) is 0.462. The highest BCUT2D eigenvalue weighted by atomic mass is 16.4. The predicted molar refractivity (Wildman–Crippen MR) is 69.8 cm³/mol. The average Bonchev–Trinajstić information content (AvgIpc) is 2.32. The Morgan fingerprint density at radius 1 is 1.50 bits per heavy atom. The van der Waals surface area contributed by atoms with E-state index in [0.29, 0.717) is 17.9 Å². The Bertz CT molecular complexity index is 462. The van der Waals surface area contributed by atoms with Gasteiger partial charge in [-0.1, -0.05) is 6.92 Å². The van der Waals surface area contributed by atoms with E-state index in [1.165, 1.54) is 6.07 Å². The number of benzene rings is 1. The van der Waals surface area contributed by atoms with Gasteiger partial charge < -0.3 is 20.8 Å². The maximum Gasteiger partial charge on any atom is 0.337 e. The third kappa shape index (κ3) is 2.41. The molecule has 2 rings (SSSR count). The van der Waals surface area contributed by atoms with E-state index in [9.17, 15) is 15.0 Å². The lowest BCUT2D eigenvalue weighted by Gasteiger charge is -2.36. The van der Waals surface area contributed by atoms with Crippen LogP contribution >= 0.6 is 0 Å². The van der Waals surface area contributed by atoms with Crippen LogP contribution in [0.5, 0.6) is 0 Å². The summed E-state index contributed by atoms with van der Waals surface area (Å²) in [5.74, 6) is -0.728. The molecule has 1 aromatic rings. The molecule has 0 spiro atoms. The number of nitrogens with two attached hydrogens (primary N) is 1. The van der Waals surface area contributed by atoms with Gasteiger partial charge in [-0.05, 0) is 30.5 Å². The zero-order valence-electron chi connectivity index (χ0n) is 10.3. The van der Waals surface area contributed by atoms with Crippen LogP contribution in [0.15, 0.2) is 18.2 Å². The van der Waals surface area contributed by atoms with Crippen molar-refractivity contribution in [3.63, 3.8) is 0 Å². The summed E-state index contributed by atoms with van der Waals surface area (Å²) in [6, 6.07) is 4.75. The Labute approximate surface area is 106 Å². The van der Waals surface area contributed by atoms with Gasteiger partial charge in [0.05, 0.1) is 17.4 Å². The zero-order valence-corrected chi connectivity index (χ0v) is 10.3. The maximum absolute atomic E-state index is 11.2. The smallest absolute Gasteiger partial charge is 0.337 e. The molecule has 0 aromatic heterocycles. The third-order valence-electron chi connectivity index (χ3n) is 3.51. The number of carbonyl (C=O) groups is 1. The minimum absolute atomic E-state index is 0.228. The molecule has 4 N–H and O–H groups in total. The van der Waals surface area contributed by atoms with Gasteiger partial charge in [0, 0.05) is 18.8 Å². The summed E-state index contributed by atoms with van der Waals surface area (Å²) in [6.07, 6.45) is 0.413. The predicted octanol–water partition coefficient (Wildman–Crippen LogP) is 1.17. The summed E-state index contributed by atoms with van der Waals surface area (Å²) in [7, 11) is 0. The van der Waals surface area contributed by atoms with Crippen molar-refractivity contribution in [2.75, 3.05) is 23.7 Å². The average molecular weight is 250 g/mol. The van der Waals surface area contributed by atoms with Gasteiger partial charge in [0.25, 0.3) is 0 Å². The number of aromatic carboxylic acids is 1. The lowest BCUT2D eigenvalue weighted by Crippen LogP contribution is -2.43. The fourth-order valence-electron chi connectivity index (χ4n) is 2.26. The van der Waals surface area contributed by atoms with Crippen molar-refractivity contribution < 1.29 is 15.0 Å². The first-order valence-corrected chi connectivity index (χ1v) is 6.05. The monoisotopic (exact) mass is 250 g/mol. The number of hydrogen-bond acceptors (Lipinski definition) is 4. The Morgan fingerprint density at radius 2 is 2.22 bits per heavy atom. The van der Waals surface area contributed by atoms with Crippen molar-refractivity contribution in [2.45, 2.75) is 19.4 Å². The Hall–Kier alpha value is -1.75. The molecule has 0 bridgehead atoms. The highest BCUT2D eigenvalue weighted by Gasteiger charge is 2.26. The SMILES string of the molecule is CC1CCN(c2cc(N)ccc2C(=O)O)CC1O. The first kappa shape index (κ1) is 12.7. The molecule has 1 aliphatic heterocycles. The molecule has 1 fully saturated rings. The molecule has 0 radical (unpaired) electrons. The van der Waals surface area contributed by atoms with Crippen molar-refractivity contribution >= 4 is 17.3 Å². The molecule has 5 heteroatoms. The van der Waals surface area contributed by atoms with Crippen LogP contribution in [0.4, 0.5) is 11.4 Å². The number of anilines is 2. The van der Waals surface area contributed by atoms with Crippen LogP contribution in [-0.4, -0.2) is 35.4 Å². The largest absolute Gasteiger partial charge is 0.478 e. The van der Waals surface area contributed by atoms with Gasteiger partial charge >= 0.3 is 5.97 Å². The molecule has 5 nitrogen and oxygen atoms in total. The van der Waals surface area contributed by atoms with Gasteiger partial charge in [-0.2, -0.15) is 0 Å². The number of aliphatic hydroxyl groups is 1. The fourth-order valence-corrected chi connectivity index (χ4v) is 2.26. The number of piperidine rings is 1. The van der Waals surface area contributed by atoms with E-state index in [2.05, 4.69) is 0 Å². The van der Waals surface area contributed by atoms with Crippen molar-refractivity contribution in [3.8, 4) is 0 Å². The Balaban J connectivity index is 2.32. The summed E-state index contributed by atoms with van der Waals surface area (Å²) in [6.45, 7) is 3.19. The van der Waals surface area contributed by atoms with Gasteiger partial charge in [0.15, 0.2) is 0 Å². The second kappa shape index (κ2) is 4.86. The van der Waals surface area contributed by atoms with Crippen LogP contribution in [0.25, 0.3) is 0 Å². The quantitative estimate of drug-likeness (QED) is 0.686. The molecular weight excluding hydrogens is 232 g/mol. The standard InChI is InChI=1S/C13H18N2O3/c1-8-4-5-15(7-12(8)16)11-6-9(14)2-3-10(11)13(17)18/h2-3,6,8,12,16H,4-5,7,14H2,1H3,(H,17,18). The van der Waals surface area contributed by atoms with Gasteiger partial charge in [-0.15, -0.1) is 0 Å². The molecule has 18 heavy (non-hydrogen) atoms. The minimum Gasteiger partial charge on any atom is -0.478 e. The summed E-state index contributed by atoms with van der Waals surface area (Å²) in [5, 5.41) is 19.1. The van der Waals surface area contributed by atoms with Crippen LogP contribution in [-0.2, 0) is 0 Å². The molecule has 1 saturated heterocycles. The number of β-amino-alcohol motifs (C(OH)–C–C–N with tert-alkyl or cyclic N) is 1. The maximum atomic E-state index is 11.2. The number of nitrogen functional groups attached to an aromatic ring is 1. The highest BCUT2D eigenvalue weighted by Crippen LogP contribution is 2.28. The van der Waals surface area contributed by atoms with Crippen LogP contribution in [0.3, 0.4) is 0 Å². The Kier molecular flexibility index (Phi) is 3.43. The lowest BCUT2D eigenvalue weighted by atomic mass is 9.95. The van der Waals surface area contributed by atoms with Crippen LogP contribution in [0.2, 0.25) is 0 Å². The van der Waals surface area contributed by atoms with Crippen molar-refractivity contribution in [1.29, 1.82) is 0 Å². The minimum atomic E-state index is -0.974. The first-order valence-electron chi connectivity index (χ1n) is 6.05. The lowest BCUT2D eigenvalue weighted by molar-refractivity contribution is 0.0695. The van der Waals surface area contributed by atoms with Crippen LogP contribution in [0, 0.1) is 5.92 Å². The molecule has 2 atom stereocenters. The van der Waals surface area contributed by atoms with E-state index in [4.69, 9.17) is 5.73 Å². The van der Waals surface area contributed by atoms with Crippen molar-refractivity contribution in [2.24, 2.45) is 5.92 Å². The molecule has 2 unspecified atom stereocenters. The molecule has 98 valence electrons. The molecular formula is C13H18N2O3. The van der Waals surface area contributed by atoms with E-state index in [-0.39, 0.29) is 11.5 Å². The first-order chi connectivity index (χ1) is 8.49. The van der Waals surface area contributed by atoms with Crippen molar-refractivity contribution in [3.05, 3.63) is 23.8 Å². The van der Waals surface area contributed by atoms with E-state index < -0.39 is 12.1 Å². The summed E-state index contributed by atoms with van der Waals surface area (Å²) in [4.78, 5) is 13.1. The number of hydrogen-bond donors (Lipinski definition) is 3. The number of nitrogens with zero attached hydrogens (tertiary/aromatic N) is 1. The summed E-state index contributed by atoms with van der Waals surface area (Å²) in [5.41, 5.74) is 7.06. The molecule has 0 saturated carbocycles. The topological polar surface area (TPSA) is 86.8 Å². The molecule has 0 aliphatic carbocycles. The number of carboxylic acids is 1. The summed E-state index contributed by atoms with van der Waals surface area (Å²) < 4.78 is 0. The molecule has 1 aromatic carbocycles. The van der Waals surface area contributed by atoms with E-state index in [1.54, 1.807) is 12.1 Å². The van der Waals surface area contributed by atoms with E-state index in [1.807, 2.05) is 11.8 Å². The van der Waals surface area contributed by atoms with Crippen molar-refractivity contribution in [1.82, 2.24) is 0 Å². The normalized spacial score (nSPS) is 24.0. The third-order valence-corrected chi connectivity index (χ3v) is 3.51. The number of aliphatic hydroxyl groups excluding tert-OH is 1. The van der Waals surface area contributed by atoms with Gasteiger partial charge in [0.2, 0.25) is 0 Å². The van der Waals surface area contributed by atoms with E-state index >= 15 is 0 Å². The molecule has 1 aliphatic rings. The van der Waals surface area contributed by atoms with Gasteiger partial charge in [-0.3, -0.25) is 0 Å². The Morgan fingerprint density at radius 3 is 2.83 bits per heavy atom. The highest BCUT2D eigenvalue weighted by molar-refractivity contribution is 5.95. The van der Waals surface area contributed by atoms with E-state index in [0.717, 1.165) is 13.0 Å². The second-order valence-corrected chi connectivity index (χ2v) is 4.86.